The highest BCUT2D eigenvalue weighted by molar-refractivity contribution is 9.10. The summed E-state index contributed by atoms with van der Waals surface area (Å²) in [6.45, 7) is 4.72. The van der Waals surface area contributed by atoms with E-state index in [0.29, 0.717) is 6.42 Å². The first-order chi connectivity index (χ1) is 8.98. The van der Waals surface area contributed by atoms with Crippen LogP contribution in [0.5, 0.6) is 0 Å². The number of amides is 1. The quantitative estimate of drug-likeness (QED) is 0.710. The first-order valence-corrected chi connectivity index (χ1v) is 8.05. The zero-order valence-electron chi connectivity index (χ0n) is 11.3. The predicted molar refractivity (Wildman–Crippen MR) is 83.2 cm³/mol. The predicted octanol–water partition coefficient (Wildman–Crippen LogP) is 2.57. The highest BCUT2D eigenvalue weighted by Gasteiger charge is 2.29. The van der Waals surface area contributed by atoms with Crippen molar-refractivity contribution in [2.24, 2.45) is 5.73 Å². The topological polar surface area (TPSA) is 68.0 Å². The summed E-state index contributed by atoms with van der Waals surface area (Å²) < 4.78 is 0.962. The Morgan fingerprint density at radius 3 is 2.84 bits per heavy atom. The number of nitrogens with two attached hydrogens (primary N) is 1. The third kappa shape index (κ3) is 5.50. The van der Waals surface area contributed by atoms with Crippen LogP contribution in [0.3, 0.4) is 0 Å². The number of aromatic nitrogens is 1. The summed E-state index contributed by atoms with van der Waals surface area (Å²) in [7, 11) is 0. The molecule has 0 aliphatic heterocycles. The maximum absolute atomic E-state index is 11.5. The molecule has 1 atom stereocenters. The van der Waals surface area contributed by atoms with E-state index in [0.717, 1.165) is 28.2 Å². The van der Waals surface area contributed by atoms with Gasteiger partial charge in [-0.05, 0) is 54.4 Å². The number of rotatable bonds is 8. The van der Waals surface area contributed by atoms with Crippen molar-refractivity contribution >= 4 is 33.6 Å². The van der Waals surface area contributed by atoms with E-state index in [1.165, 1.54) is 0 Å². The minimum atomic E-state index is -0.641. The monoisotopic (exact) mass is 345 g/mol. The highest BCUT2D eigenvalue weighted by atomic mass is 79.9. The molecule has 0 spiro atoms. The average molecular weight is 346 g/mol. The summed E-state index contributed by atoms with van der Waals surface area (Å²) in [6.07, 6.45) is 3.43. The van der Waals surface area contributed by atoms with Gasteiger partial charge >= 0.3 is 0 Å². The molecular formula is C13H20BrN3OS. The Hall–Kier alpha value is -0.590. The number of hydrogen-bond acceptors (Lipinski definition) is 4. The number of carbonyl (C=O) groups is 1. The normalized spacial score (nSPS) is 14.1. The lowest BCUT2D eigenvalue weighted by Gasteiger charge is -2.27. The molecule has 19 heavy (non-hydrogen) atoms. The van der Waals surface area contributed by atoms with Gasteiger partial charge in [0.15, 0.2) is 0 Å². The van der Waals surface area contributed by atoms with Crippen molar-refractivity contribution in [1.82, 2.24) is 10.3 Å². The van der Waals surface area contributed by atoms with Gasteiger partial charge in [-0.3, -0.25) is 4.79 Å². The molecule has 1 aromatic rings. The van der Waals surface area contributed by atoms with E-state index in [-0.39, 0.29) is 5.91 Å². The second-order valence-corrected chi connectivity index (χ2v) is 6.57. The molecule has 1 aromatic heterocycles. The van der Waals surface area contributed by atoms with Crippen LogP contribution in [-0.4, -0.2) is 28.7 Å². The highest BCUT2D eigenvalue weighted by Crippen LogP contribution is 2.21. The van der Waals surface area contributed by atoms with E-state index in [2.05, 4.69) is 33.2 Å². The lowest BCUT2D eigenvalue weighted by Crippen LogP contribution is -2.53. The van der Waals surface area contributed by atoms with Gasteiger partial charge in [-0.1, -0.05) is 6.92 Å². The molecule has 1 unspecified atom stereocenters. The average Bonchev–Trinajstić information content (AvgIpc) is 2.38. The van der Waals surface area contributed by atoms with Gasteiger partial charge in [0.25, 0.3) is 0 Å². The summed E-state index contributed by atoms with van der Waals surface area (Å²) in [5.74, 6) is 0.496. The zero-order valence-corrected chi connectivity index (χ0v) is 13.7. The maximum Gasteiger partial charge on any atom is 0.237 e. The fourth-order valence-electron chi connectivity index (χ4n) is 1.51. The molecule has 0 radical (unpaired) electrons. The fraction of sp³-hybridized carbons (Fsp3) is 0.538. The number of thioether (sulfide) groups is 1. The zero-order chi connectivity index (χ0) is 14.3. The van der Waals surface area contributed by atoms with E-state index in [1.807, 2.05) is 19.1 Å². The lowest BCUT2D eigenvalue weighted by atomic mass is 9.98. The van der Waals surface area contributed by atoms with Crippen molar-refractivity contribution in [2.75, 3.05) is 12.3 Å². The number of nitrogens with one attached hydrogen (secondary N) is 1. The number of halogens is 1. The van der Waals surface area contributed by atoms with E-state index in [1.54, 1.807) is 18.0 Å². The van der Waals surface area contributed by atoms with Crippen molar-refractivity contribution in [2.45, 2.75) is 37.3 Å². The first kappa shape index (κ1) is 16.5. The Bertz CT molecular complexity index is 413. The summed E-state index contributed by atoms with van der Waals surface area (Å²) in [5.41, 5.74) is 4.84. The SMILES string of the molecule is CCCNC(C)(CCSc1ccc(Br)cn1)C(N)=O. The molecular weight excluding hydrogens is 326 g/mol. The van der Waals surface area contributed by atoms with Gasteiger partial charge in [-0.2, -0.15) is 0 Å². The fourth-order valence-corrected chi connectivity index (χ4v) is 2.75. The summed E-state index contributed by atoms with van der Waals surface area (Å²) in [4.78, 5) is 15.8. The Morgan fingerprint density at radius 1 is 1.58 bits per heavy atom. The van der Waals surface area contributed by atoms with Crippen LogP contribution in [0.25, 0.3) is 0 Å². The number of primary amides is 1. The van der Waals surface area contributed by atoms with Crippen LogP contribution in [-0.2, 0) is 4.79 Å². The third-order valence-electron chi connectivity index (χ3n) is 2.86. The van der Waals surface area contributed by atoms with Gasteiger partial charge in [0.05, 0.1) is 10.6 Å². The van der Waals surface area contributed by atoms with Crippen molar-refractivity contribution in [3.05, 3.63) is 22.8 Å². The van der Waals surface area contributed by atoms with Crippen molar-refractivity contribution in [3.63, 3.8) is 0 Å². The molecule has 0 aromatic carbocycles. The Balaban J connectivity index is 2.48. The Labute approximate surface area is 127 Å². The summed E-state index contributed by atoms with van der Waals surface area (Å²) >= 11 is 4.98. The lowest BCUT2D eigenvalue weighted by molar-refractivity contribution is -0.123. The van der Waals surface area contributed by atoms with Crippen LogP contribution in [0.15, 0.2) is 27.8 Å². The first-order valence-electron chi connectivity index (χ1n) is 6.27. The molecule has 0 aliphatic carbocycles. The summed E-state index contributed by atoms with van der Waals surface area (Å²) in [6, 6.07) is 3.91. The van der Waals surface area contributed by atoms with E-state index in [9.17, 15) is 4.79 Å². The van der Waals surface area contributed by atoms with Crippen molar-refractivity contribution in [1.29, 1.82) is 0 Å². The van der Waals surface area contributed by atoms with Crippen LogP contribution in [0, 0.1) is 0 Å². The van der Waals surface area contributed by atoms with Crippen LogP contribution < -0.4 is 11.1 Å². The number of carbonyl (C=O) groups excluding carboxylic acids is 1. The molecule has 1 rings (SSSR count). The van der Waals surface area contributed by atoms with Gasteiger partial charge in [-0.25, -0.2) is 4.98 Å². The van der Waals surface area contributed by atoms with Crippen LogP contribution in [0.2, 0.25) is 0 Å². The second-order valence-electron chi connectivity index (χ2n) is 4.54. The molecule has 106 valence electrons. The molecule has 4 nitrogen and oxygen atoms in total. The number of hydrogen-bond donors (Lipinski definition) is 2. The van der Waals surface area contributed by atoms with E-state index >= 15 is 0 Å². The van der Waals surface area contributed by atoms with Crippen molar-refractivity contribution < 1.29 is 4.79 Å². The van der Waals surface area contributed by atoms with E-state index in [4.69, 9.17) is 5.73 Å². The smallest absolute Gasteiger partial charge is 0.237 e. The second kappa shape index (κ2) is 7.87. The Kier molecular flexibility index (Phi) is 6.82. The number of nitrogens with zero attached hydrogens (tertiary/aromatic N) is 1. The minimum Gasteiger partial charge on any atom is -0.368 e. The van der Waals surface area contributed by atoms with Crippen molar-refractivity contribution in [3.8, 4) is 0 Å². The summed E-state index contributed by atoms with van der Waals surface area (Å²) in [5, 5.41) is 4.17. The van der Waals surface area contributed by atoms with Gasteiger partial charge in [-0.15, -0.1) is 11.8 Å². The van der Waals surface area contributed by atoms with Crippen LogP contribution in [0.1, 0.15) is 26.7 Å². The van der Waals surface area contributed by atoms with Gasteiger partial charge in [0, 0.05) is 16.4 Å². The van der Waals surface area contributed by atoms with Gasteiger partial charge < -0.3 is 11.1 Å². The minimum absolute atomic E-state index is 0.301. The molecule has 3 N–H and O–H groups in total. The number of pyridine rings is 1. The molecule has 6 heteroatoms. The van der Waals surface area contributed by atoms with Crippen LogP contribution >= 0.6 is 27.7 Å². The molecule has 1 heterocycles. The maximum atomic E-state index is 11.5. The van der Waals surface area contributed by atoms with Gasteiger partial charge in [0.2, 0.25) is 5.91 Å². The van der Waals surface area contributed by atoms with Crippen LogP contribution in [0.4, 0.5) is 0 Å². The largest absolute Gasteiger partial charge is 0.368 e. The van der Waals surface area contributed by atoms with Gasteiger partial charge in [0.1, 0.15) is 0 Å². The standard InChI is InChI=1S/C13H20BrN3OS/c1-3-7-17-13(2,12(15)18)6-8-19-11-5-4-10(14)9-16-11/h4-5,9,17H,3,6-8H2,1-2H3,(H2,15,18). The molecule has 0 bridgehead atoms. The molecule has 0 aliphatic rings. The Morgan fingerprint density at radius 2 is 2.32 bits per heavy atom. The third-order valence-corrected chi connectivity index (χ3v) is 4.28. The molecule has 0 saturated carbocycles. The molecule has 0 saturated heterocycles. The molecule has 0 fully saturated rings. The van der Waals surface area contributed by atoms with E-state index < -0.39 is 5.54 Å². The molecule has 1 amide bonds.